The number of hydrogen-bond donors (Lipinski definition) is 0. The van der Waals surface area contributed by atoms with Gasteiger partial charge in [-0.1, -0.05) is 153 Å². The molecule has 8 aromatic carbocycles. The third-order valence-electron chi connectivity index (χ3n) is 9.92. The third kappa shape index (κ3) is 4.54. The lowest BCUT2D eigenvalue weighted by Gasteiger charge is -2.29. The van der Waals surface area contributed by atoms with E-state index in [9.17, 15) is 2.74 Å². The summed E-state index contributed by atoms with van der Waals surface area (Å²) in [5.41, 5.74) is 9.51. The molecule has 0 N–H and O–H groups in total. The highest BCUT2D eigenvalue weighted by molar-refractivity contribution is 5.99. The molecule has 9 rings (SSSR count). The van der Waals surface area contributed by atoms with Gasteiger partial charge in [-0.05, 0) is 102 Å². The van der Waals surface area contributed by atoms with Crippen molar-refractivity contribution in [3.05, 3.63) is 187 Å². The van der Waals surface area contributed by atoms with E-state index >= 15 is 0 Å². The largest absolute Gasteiger partial charge is 0.310 e. The van der Waals surface area contributed by atoms with Crippen LogP contribution in [0.5, 0.6) is 0 Å². The Balaban J connectivity index is 1.33. The first-order valence-corrected chi connectivity index (χ1v) is 16.5. The number of nitrogens with zero attached hydrogens (tertiary/aromatic N) is 1. The standard InChI is InChI=1S/C47H35N/c1-47(2)45-26-8-7-23-43(45)44-28-27-38(31-46(44)47)48(36-19-9-17-34(29-36)41-24-11-15-32-13-3-5-21-39(32)41)37-20-10-18-35(30-37)42-25-12-16-33-14-4-6-22-40(33)42/h3-31H,1-2H3/i9D,17D,19D,29D. The van der Waals surface area contributed by atoms with Crippen molar-refractivity contribution in [2.24, 2.45) is 0 Å². The molecule has 0 saturated heterocycles. The molecule has 0 fully saturated rings. The molecular formula is C47H35N. The van der Waals surface area contributed by atoms with Gasteiger partial charge in [0.1, 0.15) is 0 Å². The van der Waals surface area contributed by atoms with Gasteiger partial charge in [-0.2, -0.15) is 0 Å². The van der Waals surface area contributed by atoms with Crippen molar-refractivity contribution in [1.82, 2.24) is 0 Å². The lowest BCUT2D eigenvalue weighted by Crippen LogP contribution is -2.16. The second-order valence-corrected chi connectivity index (χ2v) is 13.1. The molecule has 0 amide bonds. The smallest absolute Gasteiger partial charge is 0.0651 e. The molecule has 0 spiro atoms. The summed E-state index contributed by atoms with van der Waals surface area (Å²) in [6.45, 7) is 4.49. The Morgan fingerprint density at radius 1 is 0.458 bits per heavy atom. The SMILES string of the molecule is [2H]c1c([2H])c(-c2cccc3ccccc23)c([2H])c(N(c2cccc(-c3cccc4ccccc34)c2)c2ccc3c(c2)C(C)(C)c2ccccc2-3)c1[2H]. The van der Waals surface area contributed by atoms with E-state index in [1.807, 2.05) is 65.6 Å². The Hall–Kier alpha value is -5.92. The average molecular weight is 618 g/mol. The number of anilines is 3. The van der Waals surface area contributed by atoms with Crippen molar-refractivity contribution in [3.8, 4) is 33.4 Å². The van der Waals surface area contributed by atoms with E-state index < -0.39 is 0 Å². The van der Waals surface area contributed by atoms with Crippen LogP contribution in [0.4, 0.5) is 17.1 Å². The Kier molecular flexibility index (Phi) is 5.62. The van der Waals surface area contributed by atoms with E-state index in [1.165, 1.54) is 16.7 Å². The second kappa shape index (κ2) is 11.1. The highest BCUT2D eigenvalue weighted by atomic mass is 15.1. The molecule has 1 heteroatoms. The van der Waals surface area contributed by atoms with E-state index in [-0.39, 0.29) is 35.3 Å². The molecule has 8 aromatic rings. The molecule has 228 valence electrons. The zero-order valence-corrected chi connectivity index (χ0v) is 26.9. The monoisotopic (exact) mass is 617 g/mol. The van der Waals surface area contributed by atoms with Gasteiger partial charge in [0.15, 0.2) is 0 Å². The molecule has 0 atom stereocenters. The van der Waals surface area contributed by atoms with Gasteiger partial charge in [-0.15, -0.1) is 0 Å². The minimum atomic E-state index is -0.272. The lowest BCUT2D eigenvalue weighted by atomic mass is 9.82. The number of rotatable bonds is 5. The summed E-state index contributed by atoms with van der Waals surface area (Å²) in [6, 6.07) is 51.2. The molecule has 0 radical (unpaired) electrons. The third-order valence-corrected chi connectivity index (χ3v) is 9.92. The summed E-state index contributed by atoms with van der Waals surface area (Å²) in [4.78, 5) is 1.96. The van der Waals surface area contributed by atoms with Crippen LogP contribution in [0.3, 0.4) is 0 Å². The Morgan fingerprint density at radius 3 is 1.81 bits per heavy atom. The van der Waals surface area contributed by atoms with Crippen LogP contribution in [0.15, 0.2) is 176 Å². The van der Waals surface area contributed by atoms with Gasteiger partial charge < -0.3 is 4.90 Å². The molecule has 0 aromatic heterocycles. The van der Waals surface area contributed by atoms with Crippen LogP contribution in [-0.2, 0) is 5.41 Å². The van der Waals surface area contributed by atoms with Crippen LogP contribution in [0, 0.1) is 0 Å². The van der Waals surface area contributed by atoms with Crippen molar-refractivity contribution in [3.63, 3.8) is 0 Å². The van der Waals surface area contributed by atoms with Gasteiger partial charge in [0.25, 0.3) is 0 Å². The van der Waals surface area contributed by atoms with Crippen LogP contribution in [0.25, 0.3) is 54.9 Å². The summed E-state index contributed by atoms with van der Waals surface area (Å²) in [6.07, 6.45) is 0. The summed E-state index contributed by atoms with van der Waals surface area (Å²) in [7, 11) is 0. The van der Waals surface area contributed by atoms with E-state index in [1.54, 1.807) is 0 Å². The van der Waals surface area contributed by atoms with Crippen LogP contribution >= 0.6 is 0 Å². The quantitative estimate of drug-likeness (QED) is 0.186. The normalized spacial score (nSPS) is 14.1. The number of hydrogen-bond acceptors (Lipinski definition) is 1. The zero-order chi connectivity index (χ0) is 35.7. The van der Waals surface area contributed by atoms with E-state index in [4.69, 9.17) is 2.74 Å². The lowest BCUT2D eigenvalue weighted by molar-refractivity contribution is 0.660. The minimum absolute atomic E-state index is 0.0426. The van der Waals surface area contributed by atoms with Crippen molar-refractivity contribution in [2.45, 2.75) is 19.3 Å². The molecule has 0 saturated carbocycles. The molecule has 0 heterocycles. The topological polar surface area (TPSA) is 3.24 Å². The van der Waals surface area contributed by atoms with Crippen molar-refractivity contribution >= 4 is 38.6 Å². The average Bonchev–Trinajstić information content (AvgIpc) is 3.41. The van der Waals surface area contributed by atoms with Crippen LogP contribution < -0.4 is 4.90 Å². The van der Waals surface area contributed by atoms with Crippen LogP contribution in [0.1, 0.15) is 30.5 Å². The van der Waals surface area contributed by atoms with Crippen LogP contribution in [-0.4, -0.2) is 0 Å². The maximum absolute atomic E-state index is 9.86. The Morgan fingerprint density at radius 2 is 1.04 bits per heavy atom. The van der Waals surface area contributed by atoms with Gasteiger partial charge in [0, 0.05) is 22.5 Å². The van der Waals surface area contributed by atoms with Crippen molar-refractivity contribution in [1.29, 1.82) is 0 Å². The first-order valence-electron chi connectivity index (χ1n) is 18.5. The summed E-state index contributed by atoms with van der Waals surface area (Å²) >= 11 is 0. The predicted octanol–water partition coefficient (Wildman–Crippen LogP) is 13.1. The molecule has 1 aliphatic carbocycles. The van der Waals surface area contributed by atoms with Gasteiger partial charge >= 0.3 is 0 Å². The van der Waals surface area contributed by atoms with Gasteiger partial charge in [-0.3, -0.25) is 0 Å². The fourth-order valence-electron chi connectivity index (χ4n) is 7.55. The van der Waals surface area contributed by atoms with Crippen LogP contribution in [0.2, 0.25) is 0 Å². The predicted molar refractivity (Wildman–Crippen MR) is 205 cm³/mol. The highest BCUT2D eigenvalue weighted by Crippen LogP contribution is 2.51. The van der Waals surface area contributed by atoms with Crippen molar-refractivity contribution < 1.29 is 5.48 Å². The molecule has 0 bridgehead atoms. The van der Waals surface area contributed by atoms with E-state index in [2.05, 4.69) is 105 Å². The van der Waals surface area contributed by atoms with Gasteiger partial charge in [0.2, 0.25) is 0 Å². The zero-order valence-electron chi connectivity index (χ0n) is 30.9. The number of benzene rings is 8. The first kappa shape index (κ1) is 24.3. The molecule has 0 aliphatic heterocycles. The summed E-state index contributed by atoms with van der Waals surface area (Å²) in [5.74, 6) is 0. The number of fused-ring (bicyclic) bond motifs is 5. The minimum Gasteiger partial charge on any atom is -0.310 e. The maximum atomic E-state index is 9.86. The van der Waals surface area contributed by atoms with Gasteiger partial charge in [0.05, 0.1) is 5.48 Å². The molecule has 1 nitrogen and oxygen atoms in total. The first-order chi connectivity index (χ1) is 25.2. The fourth-order valence-corrected chi connectivity index (χ4v) is 7.55. The molecular weight excluding hydrogens is 579 g/mol. The van der Waals surface area contributed by atoms with Crippen molar-refractivity contribution in [2.75, 3.05) is 4.90 Å². The summed E-state index contributed by atoms with van der Waals surface area (Å²) < 4.78 is 37.6. The fraction of sp³-hybridized carbons (Fsp3) is 0.0638. The Labute approximate surface area is 288 Å². The Bertz CT molecular complexity index is 2720. The maximum Gasteiger partial charge on any atom is 0.0651 e. The van der Waals surface area contributed by atoms with E-state index in [0.717, 1.165) is 49.6 Å². The molecule has 1 aliphatic rings. The molecule has 0 unspecified atom stereocenters. The molecule has 48 heavy (non-hydrogen) atoms. The van der Waals surface area contributed by atoms with Gasteiger partial charge in [-0.25, -0.2) is 0 Å². The highest BCUT2D eigenvalue weighted by Gasteiger charge is 2.35. The van der Waals surface area contributed by atoms with E-state index in [0.29, 0.717) is 11.1 Å². The summed E-state index contributed by atoms with van der Waals surface area (Å²) in [5, 5.41) is 4.17. The second-order valence-electron chi connectivity index (χ2n) is 13.1.